The van der Waals surface area contributed by atoms with Crippen molar-refractivity contribution >= 4 is 0 Å². The van der Waals surface area contributed by atoms with Crippen LogP contribution in [-0.4, -0.2) is 6.04 Å². The van der Waals surface area contributed by atoms with E-state index in [-0.39, 0.29) is 0 Å². The van der Waals surface area contributed by atoms with Crippen LogP contribution >= 0.6 is 0 Å². The molecule has 0 spiro atoms. The summed E-state index contributed by atoms with van der Waals surface area (Å²) < 4.78 is 0. The Morgan fingerprint density at radius 3 is 2.83 bits per heavy atom. The molecule has 0 fully saturated rings. The smallest absolute Gasteiger partial charge is 0.00825 e. The molecule has 0 aromatic rings. The standard InChI is InChI=1S/C11H17N/c1-3-5-10-6-7-11(12)8-9(10)4-2/h3-5,11H,2,6-8,12H2,1H3/b5-3-. The van der Waals surface area contributed by atoms with Gasteiger partial charge in [0.25, 0.3) is 0 Å². The Morgan fingerprint density at radius 1 is 1.50 bits per heavy atom. The average Bonchev–Trinajstić information content (AvgIpc) is 2.08. The molecule has 1 nitrogen and oxygen atoms in total. The Hall–Kier alpha value is -0.820. The molecule has 0 radical (unpaired) electrons. The van der Waals surface area contributed by atoms with Crippen LogP contribution in [0.25, 0.3) is 0 Å². The quantitative estimate of drug-likeness (QED) is 0.665. The van der Waals surface area contributed by atoms with E-state index in [1.54, 1.807) is 0 Å². The van der Waals surface area contributed by atoms with Crippen LogP contribution in [-0.2, 0) is 0 Å². The Bertz CT molecular complexity index is 223. The summed E-state index contributed by atoms with van der Waals surface area (Å²) in [5.41, 5.74) is 8.59. The van der Waals surface area contributed by atoms with Gasteiger partial charge in [0.15, 0.2) is 0 Å². The van der Waals surface area contributed by atoms with Crippen molar-refractivity contribution < 1.29 is 0 Å². The summed E-state index contributed by atoms with van der Waals surface area (Å²) in [4.78, 5) is 0. The molecule has 0 bridgehead atoms. The maximum atomic E-state index is 5.85. The van der Waals surface area contributed by atoms with Gasteiger partial charge in [-0.25, -0.2) is 0 Å². The molecule has 12 heavy (non-hydrogen) atoms. The molecule has 0 amide bonds. The fraction of sp³-hybridized carbons (Fsp3) is 0.455. The minimum Gasteiger partial charge on any atom is -0.327 e. The van der Waals surface area contributed by atoms with Gasteiger partial charge in [-0.1, -0.05) is 24.8 Å². The molecular formula is C11H17N. The highest BCUT2D eigenvalue weighted by Gasteiger charge is 2.13. The number of nitrogens with two attached hydrogens (primary N) is 1. The highest BCUT2D eigenvalue weighted by Crippen LogP contribution is 2.25. The highest BCUT2D eigenvalue weighted by molar-refractivity contribution is 5.34. The fourth-order valence-corrected chi connectivity index (χ4v) is 1.62. The van der Waals surface area contributed by atoms with Gasteiger partial charge in [0.05, 0.1) is 0 Å². The van der Waals surface area contributed by atoms with E-state index >= 15 is 0 Å². The number of allylic oxidation sites excluding steroid dienone is 4. The zero-order valence-electron chi connectivity index (χ0n) is 7.72. The molecule has 0 heterocycles. The third-order valence-corrected chi connectivity index (χ3v) is 2.29. The molecule has 1 unspecified atom stereocenters. The molecule has 0 aromatic carbocycles. The van der Waals surface area contributed by atoms with Crippen LogP contribution in [0.2, 0.25) is 0 Å². The third kappa shape index (κ3) is 2.08. The second kappa shape index (κ2) is 4.27. The normalized spacial score (nSPS) is 25.0. The van der Waals surface area contributed by atoms with Crippen LogP contribution in [0.3, 0.4) is 0 Å². The summed E-state index contributed by atoms with van der Waals surface area (Å²) in [7, 11) is 0. The van der Waals surface area contributed by atoms with Crippen molar-refractivity contribution in [3.05, 3.63) is 36.0 Å². The molecule has 2 N–H and O–H groups in total. The Morgan fingerprint density at radius 2 is 2.25 bits per heavy atom. The highest BCUT2D eigenvalue weighted by atomic mass is 14.6. The SMILES string of the molecule is C=CC1=C(/C=C\C)CCC(N)C1. The molecule has 0 saturated heterocycles. The Balaban J connectivity index is 2.83. The molecule has 1 heteroatoms. The molecule has 0 aliphatic heterocycles. The first kappa shape index (κ1) is 9.27. The van der Waals surface area contributed by atoms with Crippen LogP contribution in [0.15, 0.2) is 36.0 Å². The first-order valence-electron chi connectivity index (χ1n) is 4.50. The van der Waals surface area contributed by atoms with Crippen molar-refractivity contribution in [2.45, 2.75) is 32.2 Å². The van der Waals surface area contributed by atoms with Crippen molar-refractivity contribution in [2.24, 2.45) is 5.73 Å². The van der Waals surface area contributed by atoms with Crippen molar-refractivity contribution in [3.63, 3.8) is 0 Å². The van der Waals surface area contributed by atoms with Crippen LogP contribution in [0, 0.1) is 0 Å². The van der Waals surface area contributed by atoms with Gasteiger partial charge >= 0.3 is 0 Å². The predicted molar refractivity (Wildman–Crippen MR) is 53.9 cm³/mol. The summed E-state index contributed by atoms with van der Waals surface area (Å²) in [6, 6.07) is 0.340. The number of hydrogen-bond donors (Lipinski definition) is 1. The first-order valence-corrected chi connectivity index (χ1v) is 4.50. The zero-order chi connectivity index (χ0) is 8.97. The summed E-state index contributed by atoms with van der Waals surface area (Å²) in [5, 5.41) is 0. The van der Waals surface area contributed by atoms with Gasteiger partial charge in [-0.3, -0.25) is 0 Å². The lowest BCUT2D eigenvalue weighted by molar-refractivity contribution is 0.582. The fourth-order valence-electron chi connectivity index (χ4n) is 1.62. The second-order valence-electron chi connectivity index (χ2n) is 3.26. The van der Waals surface area contributed by atoms with Crippen LogP contribution in [0.1, 0.15) is 26.2 Å². The van der Waals surface area contributed by atoms with Crippen LogP contribution in [0.4, 0.5) is 0 Å². The number of hydrogen-bond acceptors (Lipinski definition) is 1. The average molecular weight is 163 g/mol. The summed E-state index contributed by atoms with van der Waals surface area (Å²) in [5.74, 6) is 0. The maximum absolute atomic E-state index is 5.85. The third-order valence-electron chi connectivity index (χ3n) is 2.29. The van der Waals surface area contributed by atoms with Gasteiger partial charge in [0.2, 0.25) is 0 Å². The topological polar surface area (TPSA) is 26.0 Å². The summed E-state index contributed by atoms with van der Waals surface area (Å²) in [6.07, 6.45) is 9.39. The van der Waals surface area contributed by atoms with Crippen LogP contribution < -0.4 is 5.73 Å². The minimum atomic E-state index is 0.340. The lowest BCUT2D eigenvalue weighted by Gasteiger charge is -2.21. The van der Waals surface area contributed by atoms with Gasteiger partial charge in [0.1, 0.15) is 0 Å². The molecule has 66 valence electrons. The number of rotatable bonds is 2. The van der Waals surface area contributed by atoms with E-state index in [9.17, 15) is 0 Å². The van der Waals surface area contributed by atoms with Gasteiger partial charge < -0.3 is 5.73 Å². The molecule has 1 aliphatic rings. The lowest BCUT2D eigenvalue weighted by atomic mass is 9.88. The van der Waals surface area contributed by atoms with Gasteiger partial charge in [-0.15, -0.1) is 0 Å². The molecule has 0 aromatic heterocycles. The second-order valence-corrected chi connectivity index (χ2v) is 3.26. The molecule has 1 aliphatic carbocycles. The van der Waals surface area contributed by atoms with E-state index in [1.807, 2.05) is 13.0 Å². The first-order chi connectivity index (χ1) is 5.77. The minimum absolute atomic E-state index is 0.340. The Kier molecular flexibility index (Phi) is 3.30. The van der Waals surface area contributed by atoms with E-state index < -0.39 is 0 Å². The van der Waals surface area contributed by atoms with Crippen molar-refractivity contribution in [1.82, 2.24) is 0 Å². The van der Waals surface area contributed by atoms with Gasteiger partial charge in [-0.2, -0.15) is 0 Å². The van der Waals surface area contributed by atoms with E-state index in [0.29, 0.717) is 6.04 Å². The molecule has 0 saturated carbocycles. The monoisotopic (exact) mass is 163 g/mol. The van der Waals surface area contributed by atoms with E-state index in [2.05, 4.69) is 18.7 Å². The van der Waals surface area contributed by atoms with Crippen molar-refractivity contribution in [2.75, 3.05) is 0 Å². The largest absolute Gasteiger partial charge is 0.327 e. The maximum Gasteiger partial charge on any atom is 0.00825 e. The summed E-state index contributed by atoms with van der Waals surface area (Å²) in [6.45, 7) is 5.85. The van der Waals surface area contributed by atoms with Crippen LogP contribution in [0.5, 0.6) is 0 Å². The van der Waals surface area contributed by atoms with Gasteiger partial charge in [0, 0.05) is 6.04 Å². The Labute approximate surface area is 74.7 Å². The lowest BCUT2D eigenvalue weighted by Crippen LogP contribution is -2.23. The van der Waals surface area contributed by atoms with E-state index in [1.165, 1.54) is 11.1 Å². The predicted octanol–water partition coefficient (Wildman–Crippen LogP) is 2.56. The van der Waals surface area contributed by atoms with E-state index in [4.69, 9.17) is 5.73 Å². The molecule has 1 atom stereocenters. The molecule has 1 rings (SSSR count). The van der Waals surface area contributed by atoms with Gasteiger partial charge in [-0.05, 0) is 37.3 Å². The van der Waals surface area contributed by atoms with Crippen molar-refractivity contribution in [3.8, 4) is 0 Å². The summed E-state index contributed by atoms with van der Waals surface area (Å²) >= 11 is 0. The molecular weight excluding hydrogens is 146 g/mol. The van der Waals surface area contributed by atoms with Crippen molar-refractivity contribution in [1.29, 1.82) is 0 Å². The van der Waals surface area contributed by atoms with E-state index in [0.717, 1.165) is 19.3 Å². The zero-order valence-corrected chi connectivity index (χ0v) is 7.72.